The third kappa shape index (κ3) is 5.35. The molecule has 0 saturated heterocycles. The van der Waals surface area contributed by atoms with E-state index in [1.807, 2.05) is 17.7 Å². The van der Waals surface area contributed by atoms with E-state index in [2.05, 4.69) is 20.6 Å². The number of aromatic nitrogens is 2. The van der Waals surface area contributed by atoms with Crippen LogP contribution in [0.2, 0.25) is 0 Å². The Hall–Kier alpha value is -1.80. The number of carbonyl (C=O) groups excluding carboxylic acids is 2. The maximum absolute atomic E-state index is 12.2. The Morgan fingerprint density at radius 1 is 1.00 bits per heavy atom. The van der Waals surface area contributed by atoms with Gasteiger partial charge in [0.1, 0.15) is 0 Å². The second kappa shape index (κ2) is 8.06. The Morgan fingerprint density at radius 2 is 1.52 bits per heavy atom. The van der Waals surface area contributed by atoms with E-state index in [0.29, 0.717) is 41.4 Å². The molecule has 0 radical (unpaired) electrons. The highest BCUT2D eigenvalue weighted by Crippen LogP contribution is 2.41. The lowest BCUT2D eigenvalue weighted by atomic mass is 10.0. The fraction of sp³-hybridized carbons (Fsp3) is 0.579. The Bertz CT molecular complexity index is 823. The molecule has 2 saturated carbocycles. The molecule has 144 valence electrons. The monoisotopic (exact) mass is 404 g/mol. The van der Waals surface area contributed by atoms with Crippen LogP contribution in [0.1, 0.15) is 75.1 Å². The molecular formula is C19H24N4O2S2. The van der Waals surface area contributed by atoms with Gasteiger partial charge in [-0.25, -0.2) is 9.97 Å². The lowest BCUT2D eigenvalue weighted by Gasteiger charge is -2.10. The maximum atomic E-state index is 12.2. The summed E-state index contributed by atoms with van der Waals surface area (Å²) in [7, 11) is 0. The van der Waals surface area contributed by atoms with Gasteiger partial charge in [-0.2, -0.15) is 0 Å². The summed E-state index contributed by atoms with van der Waals surface area (Å²) in [5.41, 5.74) is 2.21. The number of hydrogen-bond donors (Lipinski definition) is 2. The zero-order valence-electron chi connectivity index (χ0n) is 15.4. The molecule has 1 unspecified atom stereocenters. The molecule has 8 heteroatoms. The Morgan fingerprint density at radius 3 is 2.04 bits per heavy atom. The van der Waals surface area contributed by atoms with Gasteiger partial charge in [0.25, 0.3) is 0 Å². The van der Waals surface area contributed by atoms with Gasteiger partial charge in [0.05, 0.1) is 11.4 Å². The largest absolute Gasteiger partial charge is 0.302 e. The van der Waals surface area contributed by atoms with Crippen molar-refractivity contribution in [2.45, 2.75) is 63.7 Å². The number of thiazole rings is 2. The van der Waals surface area contributed by atoms with Crippen LogP contribution in [-0.4, -0.2) is 21.8 Å². The topological polar surface area (TPSA) is 84.0 Å². The van der Waals surface area contributed by atoms with Crippen molar-refractivity contribution in [2.24, 2.45) is 5.92 Å². The molecule has 2 fully saturated rings. The fourth-order valence-electron chi connectivity index (χ4n) is 2.97. The van der Waals surface area contributed by atoms with Crippen molar-refractivity contribution in [1.82, 2.24) is 9.97 Å². The van der Waals surface area contributed by atoms with Gasteiger partial charge >= 0.3 is 0 Å². The summed E-state index contributed by atoms with van der Waals surface area (Å²) in [6.45, 7) is 2.00. The second-order valence-electron chi connectivity index (χ2n) is 7.65. The molecule has 2 aromatic rings. The molecule has 2 aromatic heterocycles. The first kappa shape index (κ1) is 18.6. The quantitative estimate of drug-likeness (QED) is 0.632. The Kier molecular flexibility index (Phi) is 5.54. The van der Waals surface area contributed by atoms with Gasteiger partial charge < -0.3 is 10.6 Å². The first-order valence-corrected chi connectivity index (χ1v) is 11.3. The van der Waals surface area contributed by atoms with Crippen LogP contribution in [0.15, 0.2) is 10.8 Å². The number of nitrogens with zero attached hydrogens (tertiary/aromatic N) is 2. The van der Waals surface area contributed by atoms with E-state index < -0.39 is 0 Å². The second-order valence-corrected chi connectivity index (χ2v) is 9.36. The molecule has 2 heterocycles. The highest BCUT2D eigenvalue weighted by molar-refractivity contribution is 7.14. The van der Waals surface area contributed by atoms with Crippen molar-refractivity contribution in [1.29, 1.82) is 0 Å². The van der Waals surface area contributed by atoms with Crippen LogP contribution in [0.3, 0.4) is 0 Å². The predicted molar refractivity (Wildman–Crippen MR) is 108 cm³/mol. The van der Waals surface area contributed by atoms with Gasteiger partial charge in [0.2, 0.25) is 11.8 Å². The molecule has 2 aliphatic rings. The Balaban J connectivity index is 1.16. The summed E-state index contributed by atoms with van der Waals surface area (Å²) in [5, 5.41) is 11.2. The number of hydrogen-bond acceptors (Lipinski definition) is 6. The molecule has 1 atom stereocenters. The van der Waals surface area contributed by atoms with Gasteiger partial charge in [-0.1, -0.05) is 6.92 Å². The summed E-state index contributed by atoms with van der Waals surface area (Å²) in [4.78, 5) is 33.2. The third-order valence-electron chi connectivity index (χ3n) is 4.93. The van der Waals surface area contributed by atoms with E-state index in [1.54, 1.807) is 0 Å². The molecule has 27 heavy (non-hydrogen) atoms. The van der Waals surface area contributed by atoms with E-state index >= 15 is 0 Å². The number of nitrogens with one attached hydrogen (secondary N) is 2. The maximum Gasteiger partial charge on any atom is 0.226 e. The average Bonchev–Trinajstić information content (AvgIpc) is 3.56. The van der Waals surface area contributed by atoms with Crippen molar-refractivity contribution >= 4 is 44.8 Å². The summed E-state index contributed by atoms with van der Waals surface area (Å²) in [6, 6.07) is 0. The minimum Gasteiger partial charge on any atom is -0.302 e. The lowest BCUT2D eigenvalue weighted by molar-refractivity contribution is -0.118. The van der Waals surface area contributed by atoms with Crippen LogP contribution in [-0.2, 0) is 9.59 Å². The van der Waals surface area contributed by atoms with Crippen LogP contribution < -0.4 is 10.6 Å². The molecule has 0 aliphatic heterocycles. The van der Waals surface area contributed by atoms with Crippen LogP contribution >= 0.6 is 22.7 Å². The summed E-state index contributed by atoms with van der Waals surface area (Å²) in [6.07, 6.45) is 6.30. The van der Waals surface area contributed by atoms with Crippen molar-refractivity contribution in [2.75, 3.05) is 10.6 Å². The number of anilines is 2. The minimum absolute atomic E-state index is 0.0337. The number of rotatable bonds is 9. The van der Waals surface area contributed by atoms with Gasteiger partial charge in [-0.3, -0.25) is 9.59 Å². The van der Waals surface area contributed by atoms with Gasteiger partial charge in [0.15, 0.2) is 10.3 Å². The standard InChI is InChI=1S/C19H24N4O2S2/c1-11(8-17(25)23-19-21-15(10-27-19)13-5-6-13)2-7-16(24)22-18-20-14(9-26-18)12-3-4-12/h9-13H,2-8H2,1H3,(H,20,22,24)(H,21,23,25). The molecule has 0 bridgehead atoms. The SMILES string of the molecule is CC(CCC(=O)Nc1nc(C2CC2)cs1)CC(=O)Nc1nc(C2CC2)cs1. The van der Waals surface area contributed by atoms with E-state index in [9.17, 15) is 9.59 Å². The van der Waals surface area contributed by atoms with Crippen LogP contribution in [0.25, 0.3) is 0 Å². The van der Waals surface area contributed by atoms with E-state index in [-0.39, 0.29) is 17.7 Å². The van der Waals surface area contributed by atoms with Crippen LogP contribution in [0.4, 0.5) is 10.3 Å². The van der Waals surface area contributed by atoms with Crippen molar-refractivity contribution in [3.05, 3.63) is 22.1 Å². The molecule has 6 nitrogen and oxygen atoms in total. The molecule has 4 rings (SSSR count). The first-order chi connectivity index (χ1) is 13.1. The van der Waals surface area contributed by atoms with E-state index in [4.69, 9.17) is 0 Å². The molecule has 2 N–H and O–H groups in total. The first-order valence-electron chi connectivity index (χ1n) is 9.57. The predicted octanol–water partition coefficient (Wildman–Crippen LogP) is 4.74. The van der Waals surface area contributed by atoms with Crippen molar-refractivity contribution < 1.29 is 9.59 Å². The highest BCUT2D eigenvalue weighted by Gasteiger charge is 2.27. The highest BCUT2D eigenvalue weighted by atomic mass is 32.1. The molecule has 2 aliphatic carbocycles. The van der Waals surface area contributed by atoms with E-state index in [0.717, 1.165) is 11.4 Å². The molecule has 2 amide bonds. The average molecular weight is 405 g/mol. The van der Waals surface area contributed by atoms with Crippen molar-refractivity contribution in [3.8, 4) is 0 Å². The fourth-order valence-corrected chi connectivity index (χ4v) is 4.59. The Labute approximate surface area is 166 Å². The van der Waals surface area contributed by atoms with Crippen LogP contribution in [0, 0.1) is 5.92 Å². The van der Waals surface area contributed by atoms with E-state index in [1.165, 1.54) is 48.4 Å². The van der Waals surface area contributed by atoms with Gasteiger partial charge in [0, 0.05) is 35.4 Å². The molecular weight excluding hydrogens is 380 g/mol. The third-order valence-corrected chi connectivity index (χ3v) is 6.48. The summed E-state index contributed by atoms with van der Waals surface area (Å²) < 4.78 is 0. The smallest absolute Gasteiger partial charge is 0.226 e. The zero-order chi connectivity index (χ0) is 18.8. The zero-order valence-corrected chi connectivity index (χ0v) is 17.0. The van der Waals surface area contributed by atoms with Gasteiger partial charge in [-0.15, -0.1) is 22.7 Å². The van der Waals surface area contributed by atoms with Crippen molar-refractivity contribution in [3.63, 3.8) is 0 Å². The summed E-state index contributed by atoms with van der Waals surface area (Å²) in [5.74, 6) is 1.27. The normalized spacial score (nSPS) is 17.5. The number of amides is 2. The van der Waals surface area contributed by atoms with Gasteiger partial charge in [-0.05, 0) is 38.0 Å². The van der Waals surface area contributed by atoms with Crippen LogP contribution in [0.5, 0.6) is 0 Å². The summed E-state index contributed by atoms with van der Waals surface area (Å²) >= 11 is 2.98. The number of carbonyl (C=O) groups is 2. The molecule has 0 spiro atoms. The lowest BCUT2D eigenvalue weighted by Crippen LogP contribution is -2.17. The molecule has 0 aromatic carbocycles. The minimum atomic E-state index is -0.0343.